The SMILES string of the molecule is Cc1c(CCOC(=O)CC23CC4CC(CC(C)(C4)C2)C3)sc[n+]1Cc1ccccc1. The summed E-state index contributed by atoms with van der Waals surface area (Å²) >= 11 is 1.77. The van der Waals surface area contributed by atoms with E-state index in [4.69, 9.17) is 4.74 Å². The van der Waals surface area contributed by atoms with Gasteiger partial charge in [-0.15, -0.1) is 0 Å². The highest BCUT2D eigenvalue weighted by Crippen LogP contribution is 2.66. The number of rotatable bonds is 7. The van der Waals surface area contributed by atoms with Crippen molar-refractivity contribution in [2.45, 2.75) is 71.8 Å². The third-order valence-electron chi connectivity index (χ3n) is 7.94. The Morgan fingerprint density at radius 1 is 1.17 bits per heavy atom. The predicted octanol–water partition coefficient (Wildman–Crippen LogP) is 5.47. The smallest absolute Gasteiger partial charge is 0.306 e. The van der Waals surface area contributed by atoms with Gasteiger partial charge in [-0.05, 0) is 61.2 Å². The molecule has 0 N–H and O–H groups in total. The molecule has 4 heteroatoms. The Morgan fingerprint density at radius 2 is 1.90 bits per heavy atom. The average molecular weight is 425 g/mol. The van der Waals surface area contributed by atoms with Crippen LogP contribution in [0.3, 0.4) is 0 Å². The zero-order valence-corrected chi connectivity index (χ0v) is 19.2. The average Bonchev–Trinajstić information content (AvgIpc) is 3.00. The van der Waals surface area contributed by atoms with Crippen molar-refractivity contribution in [1.82, 2.24) is 0 Å². The third kappa shape index (κ3) is 4.08. The minimum Gasteiger partial charge on any atom is -0.465 e. The number of esters is 1. The van der Waals surface area contributed by atoms with Crippen LogP contribution >= 0.6 is 11.3 Å². The van der Waals surface area contributed by atoms with Gasteiger partial charge in [0.15, 0.2) is 12.2 Å². The van der Waals surface area contributed by atoms with Crippen molar-refractivity contribution in [2.75, 3.05) is 6.61 Å². The van der Waals surface area contributed by atoms with Crippen LogP contribution in [0.5, 0.6) is 0 Å². The highest BCUT2D eigenvalue weighted by molar-refractivity contribution is 7.09. The van der Waals surface area contributed by atoms with Crippen molar-refractivity contribution in [3.63, 3.8) is 0 Å². The Balaban J connectivity index is 1.14. The van der Waals surface area contributed by atoms with Crippen molar-refractivity contribution >= 4 is 17.3 Å². The molecule has 2 aromatic rings. The lowest BCUT2D eigenvalue weighted by Gasteiger charge is -2.61. The Bertz CT molecular complexity index is 904. The van der Waals surface area contributed by atoms with E-state index in [0.717, 1.165) is 24.8 Å². The second kappa shape index (κ2) is 7.78. The van der Waals surface area contributed by atoms with Crippen molar-refractivity contribution in [3.8, 4) is 0 Å². The molecule has 160 valence electrons. The molecule has 0 saturated heterocycles. The largest absolute Gasteiger partial charge is 0.465 e. The summed E-state index contributed by atoms with van der Waals surface area (Å²) in [5, 5.41) is 0. The van der Waals surface area contributed by atoms with Crippen LogP contribution in [0.2, 0.25) is 0 Å². The summed E-state index contributed by atoms with van der Waals surface area (Å²) in [7, 11) is 0. The fourth-order valence-electron chi connectivity index (χ4n) is 7.38. The van der Waals surface area contributed by atoms with Gasteiger partial charge in [0.05, 0.1) is 17.9 Å². The van der Waals surface area contributed by atoms with Crippen molar-refractivity contribution in [2.24, 2.45) is 22.7 Å². The van der Waals surface area contributed by atoms with Crippen LogP contribution < -0.4 is 4.57 Å². The lowest BCUT2D eigenvalue weighted by Crippen LogP contribution is -2.51. The maximum Gasteiger partial charge on any atom is 0.306 e. The zero-order valence-electron chi connectivity index (χ0n) is 18.4. The maximum absolute atomic E-state index is 12.7. The van der Waals surface area contributed by atoms with Gasteiger partial charge in [-0.3, -0.25) is 4.79 Å². The molecule has 4 saturated carbocycles. The number of carbonyl (C=O) groups excluding carboxylic acids is 1. The monoisotopic (exact) mass is 424 g/mol. The molecule has 30 heavy (non-hydrogen) atoms. The van der Waals surface area contributed by atoms with E-state index in [-0.39, 0.29) is 11.4 Å². The summed E-state index contributed by atoms with van der Waals surface area (Å²) in [5.41, 5.74) is 5.52. The summed E-state index contributed by atoms with van der Waals surface area (Å²) in [5.74, 6) is 1.75. The zero-order chi connectivity index (χ0) is 20.8. The van der Waals surface area contributed by atoms with Crippen LogP contribution in [-0.2, 0) is 22.5 Å². The molecule has 2 atom stereocenters. The van der Waals surface area contributed by atoms with E-state index in [2.05, 4.69) is 54.3 Å². The van der Waals surface area contributed by atoms with Crippen LogP contribution in [0, 0.1) is 29.6 Å². The highest BCUT2D eigenvalue weighted by Gasteiger charge is 2.56. The summed E-state index contributed by atoms with van der Waals surface area (Å²) in [4.78, 5) is 14.0. The molecule has 4 aliphatic rings. The summed E-state index contributed by atoms with van der Waals surface area (Å²) in [6.07, 6.45) is 9.42. The van der Waals surface area contributed by atoms with Gasteiger partial charge in [-0.25, -0.2) is 0 Å². The number of thiazole rings is 1. The Hall–Kier alpha value is -1.68. The molecule has 3 nitrogen and oxygen atoms in total. The molecule has 2 unspecified atom stereocenters. The van der Waals surface area contributed by atoms with Gasteiger partial charge < -0.3 is 4.74 Å². The van der Waals surface area contributed by atoms with Crippen LogP contribution in [0.15, 0.2) is 35.8 Å². The number of hydrogen-bond acceptors (Lipinski definition) is 3. The van der Waals surface area contributed by atoms with Crippen molar-refractivity contribution in [3.05, 3.63) is 52.0 Å². The van der Waals surface area contributed by atoms with Crippen LogP contribution in [0.25, 0.3) is 0 Å². The number of hydrogen-bond donors (Lipinski definition) is 0. The minimum absolute atomic E-state index is 0.0342. The first-order chi connectivity index (χ1) is 14.4. The van der Waals surface area contributed by atoms with E-state index in [9.17, 15) is 4.79 Å². The van der Waals surface area contributed by atoms with Crippen LogP contribution in [0.1, 0.15) is 68.0 Å². The molecular formula is C26H34NO2S+. The molecule has 0 amide bonds. The highest BCUT2D eigenvalue weighted by atomic mass is 32.1. The molecule has 0 radical (unpaired) electrons. The van der Waals surface area contributed by atoms with E-state index in [1.807, 2.05) is 0 Å². The number of ether oxygens (including phenoxy) is 1. The predicted molar refractivity (Wildman–Crippen MR) is 119 cm³/mol. The Kier molecular flexibility index (Phi) is 5.25. The lowest BCUT2D eigenvalue weighted by molar-refractivity contribution is -0.689. The second-order valence-corrected chi connectivity index (χ2v) is 11.7. The molecule has 1 aromatic carbocycles. The molecule has 6 rings (SSSR count). The normalized spacial score (nSPS) is 31.8. The van der Waals surface area contributed by atoms with Crippen molar-refractivity contribution in [1.29, 1.82) is 0 Å². The molecular weight excluding hydrogens is 390 g/mol. The molecule has 1 heterocycles. The molecule has 4 fully saturated rings. The summed E-state index contributed by atoms with van der Waals surface area (Å²) in [6.45, 7) is 6.04. The van der Waals surface area contributed by atoms with Gasteiger partial charge in [-0.1, -0.05) is 48.6 Å². The first-order valence-electron chi connectivity index (χ1n) is 11.6. The summed E-state index contributed by atoms with van der Waals surface area (Å²) < 4.78 is 8.06. The van der Waals surface area contributed by atoms with Gasteiger partial charge in [0.1, 0.15) is 0 Å². The molecule has 0 aliphatic heterocycles. The molecule has 0 spiro atoms. The summed E-state index contributed by atoms with van der Waals surface area (Å²) in [6, 6.07) is 10.6. The van der Waals surface area contributed by atoms with E-state index < -0.39 is 0 Å². The first kappa shape index (κ1) is 20.2. The molecule has 4 aliphatic carbocycles. The quantitative estimate of drug-likeness (QED) is 0.435. The minimum atomic E-state index is 0.0342. The first-order valence-corrected chi connectivity index (χ1v) is 12.5. The number of aromatic nitrogens is 1. The van der Waals surface area contributed by atoms with Crippen molar-refractivity contribution < 1.29 is 14.1 Å². The van der Waals surface area contributed by atoms with E-state index in [1.165, 1.54) is 54.7 Å². The van der Waals surface area contributed by atoms with Crippen LogP contribution in [-0.4, -0.2) is 12.6 Å². The van der Waals surface area contributed by atoms with Crippen LogP contribution in [0.4, 0.5) is 0 Å². The van der Waals surface area contributed by atoms with Gasteiger partial charge in [0, 0.05) is 18.9 Å². The third-order valence-corrected chi connectivity index (χ3v) is 9.08. The number of benzene rings is 1. The maximum atomic E-state index is 12.7. The second-order valence-electron chi connectivity index (χ2n) is 10.8. The standard InChI is InChI=1S/C26H34NO2S/c1-19-23(30-18-27(19)16-20-6-4-3-5-7-20)8-9-29-24(28)15-26-13-21-10-22(14-26)12-25(2,11-21)17-26/h3-7,18,21-22H,8-17H2,1-2H3/q+1. The number of carbonyl (C=O) groups is 1. The Morgan fingerprint density at radius 3 is 2.60 bits per heavy atom. The topological polar surface area (TPSA) is 30.2 Å². The molecule has 1 aromatic heterocycles. The molecule has 4 bridgehead atoms. The fraction of sp³-hybridized carbons (Fsp3) is 0.615. The van der Waals surface area contributed by atoms with Gasteiger partial charge in [0.2, 0.25) is 5.51 Å². The van der Waals surface area contributed by atoms with E-state index in [1.54, 1.807) is 11.3 Å². The van der Waals surface area contributed by atoms with E-state index >= 15 is 0 Å². The van der Waals surface area contributed by atoms with Gasteiger partial charge in [0.25, 0.3) is 0 Å². The fourth-order valence-corrected chi connectivity index (χ4v) is 8.35. The Labute approximate surface area is 184 Å². The number of nitrogens with zero attached hydrogens (tertiary/aromatic N) is 1. The lowest BCUT2D eigenvalue weighted by atomic mass is 9.44. The van der Waals surface area contributed by atoms with Gasteiger partial charge in [-0.2, -0.15) is 4.57 Å². The van der Waals surface area contributed by atoms with Gasteiger partial charge >= 0.3 is 5.97 Å². The van der Waals surface area contributed by atoms with E-state index in [0.29, 0.717) is 18.4 Å².